The molecule has 0 saturated carbocycles. The number of nitriles is 1. The first-order valence-corrected chi connectivity index (χ1v) is 14.1. The number of carbonyl (C=O) groups is 6. The van der Waals surface area contributed by atoms with Gasteiger partial charge in [0.25, 0.3) is 5.91 Å². The van der Waals surface area contributed by atoms with Crippen LogP contribution in [-0.2, 0) is 41.7 Å². The topological polar surface area (TPSA) is 210 Å². The highest BCUT2D eigenvalue weighted by atomic mass is 16.5. The number of alkyl carbamates (subject to hydrolysis) is 1. The molecule has 44 heavy (non-hydrogen) atoms. The second kappa shape index (κ2) is 17.6. The summed E-state index contributed by atoms with van der Waals surface area (Å²) in [5.74, 6) is -4.01. The molecule has 0 aliphatic rings. The van der Waals surface area contributed by atoms with E-state index in [1.165, 1.54) is 6.92 Å². The Bertz CT molecular complexity index is 1370. The average Bonchev–Trinajstić information content (AvgIpc) is 2.99. The van der Waals surface area contributed by atoms with E-state index in [9.17, 15) is 28.8 Å². The molecule has 5 amide bonds. The van der Waals surface area contributed by atoms with Crippen molar-refractivity contribution in [3.8, 4) is 6.07 Å². The van der Waals surface area contributed by atoms with Gasteiger partial charge in [-0.2, -0.15) is 5.26 Å². The van der Waals surface area contributed by atoms with Crippen molar-refractivity contribution in [1.29, 1.82) is 5.26 Å². The lowest BCUT2D eigenvalue weighted by Gasteiger charge is -2.22. The SMILES string of the molecule is CC(C)C[C@H](NC(=O)OCc1ccccc1)C(=O)NC(C)C(=O)C(=O)NCCC(=O)N[C@@H](Cc1cccc(C#N)c1)C(N)=O. The lowest BCUT2D eigenvalue weighted by atomic mass is 10.0. The van der Waals surface area contributed by atoms with Gasteiger partial charge in [0, 0.05) is 19.4 Å². The van der Waals surface area contributed by atoms with E-state index in [1.54, 1.807) is 48.5 Å². The van der Waals surface area contributed by atoms with Gasteiger partial charge < -0.3 is 31.7 Å². The van der Waals surface area contributed by atoms with Crippen LogP contribution in [0.4, 0.5) is 4.79 Å². The number of hydrogen-bond donors (Lipinski definition) is 5. The molecule has 234 valence electrons. The Hall–Kier alpha value is -5.25. The molecule has 0 fully saturated rings. The summed E-state index contributed by atoms with van der Waals surface area (Å²) in [4.78, 5) is 74.4. The first-order valence-electron chi connectivity index (χ1n) is 14.1. The number of carbonyl (C=O) groups excluding carboxylic acids is 6. The Morgan fingerprint density at radius 2 is 1.57 bits per heavy atom. The highest BCUT2D eigenvalue weighted by Crippen LogP contribution is 2.09. The van der Waals surface area contributed by atoms with E-state index in [4.69, 9.17) is 15.7 Å². The van der Waals surface area contributed by atoms with E-state index in [0.717, 1.165) is 5.56 Å². The number of benzene rings is 2. The molecule has 13 nitrogen and oxygen atoms in total. The van der Waals surface area contributed by atoms with Crippen LogP contribution in [0.3, 0.4) is 0 Å². The largest absolute Gasteiger partial charge is 0.445 e. The third kappa shape index (κ3) is 12.3. The zero-order valence-corrected chi connectivity index (χ0v) is 24.9. The van der Waals surface area contributed by atoms with Gasteiger partial charge in [-0.1, -0.05) is 56.3 Å². The van der Waals surface area contributed by atoms with Crippen molar-refractivity contribution in [1.82, 2.24) is 21.3 Å². The van der Waals surface area contributed by atoms with Crippen LogP contribution in [0.2, 0.25) is 0 Å². The van der Waals surface area contributed by atoms with Crippen molar-refractivity contribution in [2.75, 3.05) is 6.54 Å². The van der Waals surface area contributed by atoms with Crippen LogP contribution in [0.5, 0.6) is 0 Å². The Kier molecular flexibility index (Phi) is 14.0. The molecule has 3 atom stereocenters. The average molecular weight is 607 g/mol. The fourth-order valence-corrected chi connectivity index (χ4v) is 4.06. The van der Waals surface area contributed by atoms with Gasteiger partial charge in [0.2, 0.25) is 23.5 Å². The van der Waals surface area contributed by atoms with E-state index in [2.05, 4.69) is 21.3 Å². The number of nitrogens with one attached hydrogen (secondary N) is 4. The minimum atomic E-state index is -1.23. The summed E-state index contributed by atoms with van der Waals surface area (Å²) >= 11 is 0. The van der Waals surface area contributed by atoms with Crippen molar-refractivity contribution in [2.24, 2.45) is 11.7 Å². The quantitative estimate of drug-likeness (QED) is 0.174. The van der Waals surface area contributed by atoms with E-state index < -0.39 is 53.6 Å². The Balaban J connectivity index is 1.83. The number of hydrogen-bond acceptors (Lipinski definition) is 8. The molecule has 13 heteroatoms. The van der Waals surface area contributed by atoms with Crippen LogP contribution in [0.1, 0.15) is 50.3 Å². The Labute approximate surface area is 255 Å². The number of nitrogens with zero attached hydrogens (tertiary/aromatic N) is 1. The van der Waals surface area contributed by atoms with Crippen molar-refractivity contribution < 1.29 is 33.5 Å². The normalized spacial score (nSPS) is 12.5. The number of nitrogens with two attached hydrogens (primary N) is 1. The molecule has 6 N–H and O–H groups in total. The smallest absolute Gasteiger partial charge is 0.408 e. The molecule has 0 aromatic heterocycles. The second-order valence-electron chi connectivity index (χ2n) is 10.5. The lowest BCUT2D eigenvalue weighted by molar-refractivity contribution is -0.140. The molecule has 0 aliphatic carbocycles. The molecular weight excluding hydrogens is 568 g/mol. The van der Waals surface area contributed by atoms with Crippen molar-refractivity contribution in [2.45, 2.75) is 64.8 Å². The summed E-state index contributed by atoms with van der Waals surface area (Å²) in [6.45, 7) is 4.82. The molecule has 0 bridgehead atoms. The molecular formula is C31H38N6O7. The summed E-state index contributed by atoms with van der Waals surface area (Å²) < 4.78 is 5.19. The number of primary amides is 1. The fourth-order valence-electron chi connectivity index (χ4n) is 4.06. The second-order valence-corrected chi connectivity index (χ2v) is 10.5. The van der Waals surface area contributed by atoms with Crippen molar-refractivity contribution in [3.05, 3.63) is 71.3 Å². The lowest BCUT2D eigenvalue weighted by Crippen LogP contribution is -2.53. The zero-order chi connectivity index (χ0) is 32.6. The first kappa shape index (κ1) is 34.9. The fraction of sp³-hybridized carbons (Fsp3) is 0.387. The third-order valence-corrected chi connectivity index (χ3v) is 6.32. The summed E-state index contributed by atoms with van der Waals surface area (Å²) in [5, 5.41) is 18.8. The van der Waals surface area contributed by atoms with E-state index in [-0.39, 0.29) is 38.3 Å². The van der Waals surface area contributed by atoms with Gasteiger partial charge in [-0.3, -0.25) is 24.0 Å². The van der Waals surface area contributed by atoms with Gasteiger partial charge in [0.05, 0.1) is 17.7 Å². The van der Waals surface area contributed by atoms with Gasteiger partial charge in [0.15, 0.2) is 0 Å². The Morgan fingerprint density at radius 3 is 2.20 bits per heavy atom. The van der Waals surface area contributed by atoms with Crippen LogP contribution < -0.4 is 27.0 Å². The van der Waals surface area contributed by atoms with Crippen LogP contribution in [0.25, 0.3) is 0 Å². The maximum absolute atomic E-state index is 12.9. The van der Waals surface area contributed by atoms with E-state index >= 15 is 0 Å². The van der Waals surface area contributed by atoms with Gasteiger partial charge in [0.1, 0.15) is 18.7 Å². The third-order valence-electron chi connectivity index (χ3n) is 6.32. The first-order chi connectivity index (χ1) is 20.9. The Morgan fingerprint density at radius 1 is 0.886 bits per heavy atom. The van der Waals surface area contributed by atoms with Crippen LogP contribution in [0, 0.1) is 17.2 Å². The summed E-state index contributed by atoms with van der Waals surface area (Å²) in [7, 11) is 0. The van der Waals surface area contributed by atoms with E-state index in [1.807, 2.05) is 26.0 Å². The molecule has 1 unspecified atom stereocenters. The summed E-state index contributed by atoms with van der Waals surface area (Å²) in [6, 6.07) is 14.2. The number of rotatable bonds is 16. The summed E-state index contributed by atoms with van der Waals surface area (Å²) in [6.07, 6.45) is -0.743. The molecule has 0 saturated heterocycles. The molecule has 0 radical (unpaired) electrons. The van der Waals surface area contributed by atoms with Crippen molar-refractivity contribution >= 4 is 35.5 Å². The molecule has 0 aliphatic heterocycles. The standard InChI is InChI=1S/C31H38N6O7/c1-19(2)14-25(37-31(43)44-18-21-8-5-4-6-9-21)29(41)35-20(3)27(39)30(42)34-13-12-26(38)36-24(28(33)40)16-22-10-7-11-23(15-22)17-32/h4-11,15,19-20,24-25H,12-14,16,18H2,1-3H3,(H2,33,40)(H,34,42)(H,35,41)(H,36,38)(H,37,43)/t20?,24-,25-/m0/s1. The van der Waals surface area contributed by atoms with E-state index in [0.29, 0.717) is 11.1 Å². The van der Waals surface area contributed by atoms with Crippen LogP contribution >= 0.6 is 0 Å². The molecule has 2 aromatic rings. The molecule has 2 rings (SSSR count). The van der Waals surface area contributed by atoms with Gasteiger partial charge >= 0.3 is 6.09 Å². The van der Waals surface area contributed by atoms with Gasteiger partial charge in [-0.05, 0) is 42.5 Å². The van der Waals surface area contributed by atoms with Crippen LogP contribution in [-0.4, -0.2) is 60.2 Å². The minimum absolute atomic E-state index is 0.00910. The highest BCUT2D eigenvalue weighted by molar-refractivity contribution is 6.38. The highest BCUT2D eigenvalue weighted by Gasteiger charge is 2.28. The monoisotopic (exact) mass is 606 g/mol. The number of ether oxygens (including phenoxy) is 1. The molecule has 2 aromatic carbocycles. The molecule has 0 spiro atoms. The number of amides is 5. The predicted molar refractivity (Wildman–Crippen MR) is 159 cm³/mol. The zero-order valence-electron chi connectivity index (χ0n) is 24.9. The number of ketones is 1. The number of Topliss-reactive ketones (excluding diaryl/α,β-unsaturated/α-hetero) is 1. The minimum Gasteiger partial charge on any atom is -0.445 e. The maximum Gasteiger partial charge on any atom is 0.408 e. The maximum atomic E-state index is 12.9. The molecule has 0 heterocycles. The van der Waals surface area contributed by atoms with Crippen molar-refractivity contribution in [3.63, 3.8) is 0 Å². The van der Waals surface area contributed by atoms with Gasteiger partial charge in [-0.25, -0.2) is 4.79 Å². The predicted octanol–water partition coefficient (Wildman–Crippen LogP) is 0.992. The van der Waals surface area contributed by atoms with Crippen LogP contribution in [0.15, 0.2) is 54.6 Å². The van der Waals surface area contributed by atoms with Gasteiger partial charge in [-0.15, -0.1) is 0 Å². The summed E-state index contributed by atoms with van der Waals surface area (Å²) in [5.41, 5.74) is 7.19.